The maximum absolute atomic E-state index is 10.2. The van der Waals surface area contributed by atoms with E-state index in [-0.39, 0.29) is 0 Å². The summed E-state index contributed by atoms with van der Waals surface area (Å²) in [5.41, 5.74) is 5.12. The summed E-state index contributed by atoms with van der Waals surface area (Å²) in [6, 6.07) is 0. The molecule has 0 rings (SSSR count). The number of hydrogen-bond acceptors (Lipinski definition) is 1. The Morgan fingerprint density at radius 2 is 1.41 bits per heavy atom. The van der Waals surface area contributed by atoms with Crippen molar-refractivity contribution in [2.45, 2.75) is 53.4 Å². The van der Waals surface area contributed by atoms with E-state index in [1.807, 2.05) is 6.08 Å². The maximum atomic E-state index is 10.2. The Hall–Kier alpha value is -0.860. The lowest BCUT2D eigenvalue weighted by atomic mass is 10.1. The van der Waals surface area contributed by atoms with Crippen LogP contribution in [0.3, 0.4) is 0 Å². The highest BCUT2D eigenvalue weighted by Gasteiger charge is 1.91. The van der Waals surface area contributed by atoms with Crippen molar-refractivity contribution in [2.75, 3.05) is 6.54 Å². The van der Waals surface area contributed by atoms with Crippen LogP contribution in [-0.2, 0) is 0 Å². The van der Waals surface area contributed by atoms with Gasteiger partial charge in [0.1, 0.15) is 0 Å². The van der Waals surface area contributed by atoms with Crippen LogP contribution >= 0.6 is 0 Å². The Morgan fingerprint density at radius 1 is 0.882 bits per heavy atom. The summed E-state index contributed by atoms with van der Waals surface area (Å²) < 4.78 is 0. The Labute approximate surface area is 106 Å². The van der Waals surface area contributed by atoms with Gasteiger partial charge in [0.15, 0.2) is 0 Å². The summed E-state index contributed by atoms with van der Waals surface area (Å²) >= 11 is 0. The summed E-state index contributed by atoms with van der Waals surface area (Å²) in [6.45, 7) is 9.12. The first-order valence-electron chi connectivity index (χ1n) is 6.44. The smallest absolute Gasteiger partial charge is 0.0942 e. The van der Waals surface area contributed by atoms with E-state index in [9.17, 15) is 5.21 Å². The largest absolute Gasteiger partial charge is 0.636 e. The van der Waals surface area contributed by atoms with Crippen molar-refractivity contribution in [3.05, 3.63) is 40.2 Å². The number of hydrogen-bond donors (Lipinski definition) is 1. The zero-order valence-corrected chi connectivity index (χ0v) is 11.8. The van der Waals surface area contributed by atoms with Gasteiger partial charge in [-0.1, -0.05) is 28.9 Å². The minimum absolute atomic E-state index is 0.551. The second-order valence-corrected chi connectivity index (χ2v) is 4.86. The molecule has 0 fully saturated rings. The molecule has 0 amide bonds. The Morgan fingerprint density at radius 3 is 1.94 bits per heavy atom. The SMILES string of the molecule is CC(C)=CCCC(C)=CCCC(C)=CC[NH2+][O-]. The molecule has 0 heterocycles. The van der Waals surface area contributed by atoms with Gasteiger partial charge in [-0.15, -0.1) is 0 Å². The zero-order valence-electron chi connectivity index (χ0n) is 11.8. The highest BCUT2D eigenvalue weighted by atomic mass is 16.5. The standard InChI is InChI=1S/C15H27NO/c1-13(2)7-5-8-14(3)9-6-10-15(4)11-12-16-17/h7,9,11H,5-6,8,10,12,16H2,1-4H3. The molecule has 17 heavy (non-hydrogen) atoms. The Kier molecular flexibility index (Phi) is 9.78. The van der Waals surface area contributed by atoms with E-state index in [1.54, 1.807) is 0 Å². The summed E-state index contributed by atoms with van der Waals surface area (Å²) in [7, 11) is 0. The summed E-state index contributed by atoms with van der Waals surface area (Å²) in [4.78, 5) is 0. The van der Waals surface area contributed by atoms with Gasteiger partial charge in [0, 0.05) is 0 Å². The number of rotatable bonds is 8. The predicted molar refractivity (Wildman–Crippen MR) is 75.6 cm³/mol. The first-order chi connectivity index (χ1) is 8.06. The van der Waals surface area contributed by atoms with Crippen LogP contribution in [0.4, 0.5) is 0 Å². The molecule has 2 heteroatoms. The van der Waals surface area contributed by atoms with Gasteiger partial charge >= 0.3 is 0 Å². The van der Waals surface area contributed by atoms with Crippen LogP contribution in [-0.4, -0.2) is 6.54 Å². The first kappa shape index (κ1) is 16.1. The second kappa shape index (κ2) is 10.3. The fourth-order valence-electron chi connectivity index (χ4n) is 1.59. The summed E-state index contributed by atoms with van der Waals surface area (Å²) in [6.07, 6.45) is 11.1. The minimum Gasteiger partial charge on any atom is -0.636 e. The van der Waals surface area contributed by atoms with Crippen molar-refractivity contribution < 1.29 is 5.48 Å². The number of hydroxylamine groups is 1. The van der Waals surface area contributed by atoms with Crippen LogP contribution < -0.4 is 5.48 Å². The normalized spacial score (nSPS) is 12.8. The van der Waals surface area contributed by atoms with E-state index in [0.29, 0.717) is 6.54 Å². The molecule has 2 nitrogen and oxygen atoms in total. The Bertz CT molecular complexity index is 283. The highest BCUT2D eigenvalue weighted by Crippen LogP contribution is 2.10. The lowest BCUT2D eigenvalue weighted by Gasteiger charge is -2.02. The highest BCUT2D eigenvalue weighted by molar-refractivity contribution is 5.05. The van der Waals surface area contributed by atoms with E-state index in [2.05, 4.69) is 39.8 Å². The van der Waals surface area contributed by atoms with Crippen LogP contribution in [0.2, 0.25) is 0 Å². The van der Waals surface area contributed by atoms with E-state index in [4.69, 9.17) is 0 Å². The molecule has 0 saturated carbocycles. The minimum atomic E-state index is 0.551. The molecule has 0 radical (unpaired) electrons. The monoisotopic (exact) mass is 237 g/mol. The van der Waals surface area contributed by atoms with E-state index in [0.717, 1.165) is 31.2 Å². The molecule has 98 valence electrons. The zero-order chi connectivity index (χ0) is 13.1. The molecular formula is C15H27NO. The maximum Gasteiger partial charge on any atom is 0.0942 e. The van der Waals surface area contributed by atoms with Gasteiger partial charge in [0.2, 0.25) is 0 Å². The molecule has 0 aliphatic heterocycles. The molecule has 0 unspecified atom stereocenters. The van der Waals surface area contributed by atoms with Crippen LogP contribution in [0.25, 0.3) is 0 Å². The second-order valence-electron chi connectivity index (χ2n) is 4.86. The molecule has 0 aromatic rings. The van der Waals surface area contributed by atoms with Crippen molar-refractivity contribution in [3.8, 4) is 0 Å². The van der Waals surface area contributed by atoms with Gasteiger partial charge in [-0.05, 0) is 59.5 Å². The third-order valence-corrected chi connectivity index (χ3v) is 2.69. The van der Waals surface area contributed by atoms with Gasteiger partial charge in [-0.2, -0.15) is 0 Å². The van der Waals surface area contributed by atoms with Crippen LogP contribution in [0.15, 0.2) is 34.9 Å². The molecule has 0 aromatic carbocycles. The number of quaternary nitrogens is 1. The Balaban J connectivity index is 3.80. The van der Waals surface area contributed by atoms with E-state index >= 15 is 0 Å². The van der Waals surface area contributed by atoms with Gasteiger partial charge in [0.05, 0.1) is 6.54 Å². The lowest BCUT2D eigenvalue weighted by molar-refractivity contribution is -0.578. The van der Waals surface area contributed by atoms with E-state index in [1.165, 1.54) is 16.7 Å². The fourth-order valence-corrected chi connectivity index (χ4v) is 1.59. The number of allylic oxidation sites excluding steroid dienone is 5. The van der Waals surface area contributed by atoms with Crippen molar-refractivity contribution >= 4 is 0 Å². The molecule has 0 spiro atoms. The van der Waals surface area contributed by atoms with Gasteiger partial charge in [-0.3, -0.25) is 0 Å². The fraction of sp³-hybridized carbons (Fsp3) is 0.600. The van der Waals surface area contributed by atoms with Crippen LogP contribution in [0.1, 0.15) is 53.4 Å². The number of nitrogens with two attached hydrogens (primary N) is 1. The third-order valence-electron chi connectivity index (χ3n) is 2.69. The topological polar surface area (TPSA) is 39.7 Å². The van der Waals surface area contributed by atoms with Crippen LogP contribution in [0.5, 0.6) is 0 Å². The quantitative estimate of drug-likeness (QED) is 0.509. The molecule has 0 bridgehead atoms. The van der Waals surface area contributed by atoms with Crippen LogP contribution in [0, 0.1) is 5.21 Å². The van der Waals surface area contributed by atoms with Crippen molar-refractivity contribution in [2.24, 2.45) is 0 Å². The lowest BCUT2D eigenvalue weighted by Crippen LogP contribution is -2.76. The molecule has 2 N–H and O–H groups in total. The molecule has 0 atom stereocenters. The average molecular weight is 237 g/mol. The van der Waals surface area contributed by atoms with Crippen molar-refractivity contribution in [3.63, 3.8) is 0 Å². The summed E-state index contributed by atoms with van der Waals surface area (Å²) in [5, 5.41) is 10.2. The molecular weight excluding hydrogens is 210 g/mol. The predicted octanol–water partition coefficient (Wildman–Crippen LogP) is 3.47. The molecule has 0 aliphatic carbocycles. The molecule has 0 aliphatic rings. The van der Waals surface area contributed by atoms with Gasteiger partial charge in [0.25, 0.3) is 0 Å². The first-order valence-corrected chi connectivity index (χ1v) is 6.44. The van der Waals surface area contributed by atoms with Gasteiger partial charge in [-0.25, -0.2) is 0 Å². The summed E-state index contributed by atoms with van der Waals surface area (Å²) in [5.74, 6) is 0. The van der Waals surface area contributed by atoms with E-state index < -0.39 is 0 Å². The van der Waals surface area contributed by atoms with Crippen molar-refractivity contribution in [1.29, 1.82) is 0 Å². The average Bonchev–Trinajstić information content (AvgIpc) is 2.25. The third kappa shape index (κ3) is 11.4. The molecule has 0 saturated heterocycles. The van der Waals surface area contributed by atoms with Crippen molar-refractivity contribution in [1.82, 2.24) is 0 Å². The molecule has 0 aromatic heterocycles. The van der Waals surface area contributed by atoms with Gasteiger partial charge < -0.3 is 10.7 Å².